The molecule has 4 nitrogen and oxygen atoms in total. The average Bonchev–Trinajstić information content (AvgIpc) is 2.43. The fourth-order valence-corrected chi connectivity index (χ4v) is 2.24. The molecule has 0 spiro atoms. The summed E-state index contributed by atoms with van der Waals surface area (Å²) in [5, 5.41) is 0. The van der Waals surface area contributed by atoms with Crippen LogP contribution >= 0.6 is 15.9 Å². The van der Waals surface area contributed by atoms with Crippen molar-refractivity contribution < 1.29 is 0 Å². The minimum atomic E-state index is -0.160. The van der Waals surface area contributed by atoms with E-state index >= 15 is 0 Å². The summed E-state index contributed by atoms with van der Waals surface area (Å²) >= 11 is 3.44. The molecule has 0 amide bonds. The van der Waals surface area contributed by atoms with Crippen LogP contribution in [0.1, 0.15) is 30.7 Å². The number of aromatic nitrogens is 2. The van der Waals surface area contributed by atoms with Crippen LogP contribution in [0.5, 0.6) is 0 Å². The van der Waals surface area contributed by atoms with E-state index in [9.17, 15) is 4.79 Å². The fourth-order valence-electron chi connectivity index (χ4n) is 1.80. The smallest absolute Gasteiger partial charge is 0.255 e. The molecule has 20 heavy (non-hydrogen) atoms. The number of hydrogen-bond donors (Lipinski definition) is 2. The first-order chi connectivity index (χ1) is 9.56. The molecule has 0 unspecified atom stereocenters. The second kappa shape index (κ2) is 7.85. The zero-order valence-electron chi connectivity index (χ0n) is 12.0. The van der Waals surface area contributed by atoms with Crippen molar-refractivity contribution in [1.82, 2.24) is 9.97 Å². The molecule has 3 N–H and O–H groups in total. The Balaban J connectivity index is 0.000000956. The van der Waals surface area contributed by atoms with Crippen LogP contribution in [0.25, 0.3) is 0 Å². The number of aromatic amines is 1. The van der Waals surface area contributed by atoms with Crippen LogP contribution in [0.4, 0.5) is 5.95 Å². The summed E-state index contributed by atoms with van der Waals surface area (Å²) in [5.74, 6) is 0.176. The zero-order valence-corrected chi connectivity index (χ0v) is 13.6. The Bertz CT molecular complexity index is 623. The number of hydrogen-bond acceptors (Lipinski definition) is 3. The number of rotatable bonds is 3. The molecule has 0 saturated carbocycles. The second-order valence-electron chi connectivity index (χ2n) is 4.15. The summed E-state index contributed by atoms with van der Waals surface area (Å²) in [6.07, 6.45) is 1.53. The van der Waals surface area contributed by atoms with Crippen LogP contribution in [0.3, 0.4) is 0 Å². The third-order valence-corrected chi connectivity index (χ3v) is 3.30. The molecule has 0 bridgehead atoms. The summed E-state index contributed by atoms with van der Waals surface area (Å²) in [4.78, 5) is 18.2. The van der Waals surface area contributed by atoms with Gasteiger partial charge in [0.05, 0.1) is 5.69 Å². The van der Waals surface area contributed by atoms with E-state index in [4.69, 9.17) is 5.73 Å². The molecular formula is C15H20BrN3O. The quantitative estimate of drug-likeness (QED) is 0.902. The van der Waals surface area contributed by atoms with E-state index in [1.165, 1.54) is 5.56 Å². The van der Waals surface area contributed by atoms with Gasteiger partial charge in [-0.05, 0) is 37.5 Å². The number of nitrogens with zero attached hydrogens (tertiary/aromatic N) is 1. The monoisotopic (exact) mass is 337 g/mol. The molecule has 0 fully saturated rings. The lowest BCUT2D eigenvalue weighted by Gasteiger charge is -2.05. The maximum atomic E-state index is 11.5. The van der Waals surface area contributed by atoms with Gasteiger partial charge in [0, 0.05) is 10.0 Å². The van der Waals surface area contributed by atoms with Crippen molar-refractivity contribution in [2.45, 2.75) is 33.6 Å². The number of nitrogen functional groups attached to an aromatic ring is 1. The van der Waals surface area contributed by atoms with Gasteiger partial charge in [0.15, 0.2) is 0 Å². The highest BCUT2D eigenvalue weighted by Crippen LogP contribution is 2.14. The Morgan fingerprint density at radius 3 is 2.65 bits per heavy atom. The second-order valence-corrected chi connectivity index (χ2v) is 5.07. The normalized spacial score (nSPS) is 9.80. The topological polar surface area (TPSA) is 71.8 Å². The predicted molar refractivity (Wildman–Crippen MR) is 86.9 cm³/mol. The van der Waals surface area contributed by atoms with Gasteiger partial charge in [0.25, 0.3) is 5.56 Å². The molecule has 2 rings (SSSR count). The van der Waals surface area contributed by atoms with Gasteiger partial charge in [-0.1, -0.05) is 41.9 Å². The van der Waals surface area contributed by atoms with Gasteiger partial charge >= 0.3 is 0 Å². The van der Waals surface area contributed by atoms with E-state index < -0.39 is 0 Å². The third kappa shape index (κ3) is 4.49. The van der Waals surface area contributed by atoms with Gasteiger partial charge in [0.1, 0.15) is 0 Å². The summed E-state index contributed by atoms with van der Waals surface area (Å²) < 4.78 is 1.05. The van der Waals surface area contributed by atoms with Gasteiger partial charge in [0.2, 0.25) is 5.95 Å². The molecule has 1 aromatic carbocycles. The van der Waals surface area contributed by atoms with Crippen LogP contribution in [0.15, 0.2) is 33.5 Å². The van der Waals surface area contributed by atoms with Crippen molar-refractivity contribution in [3.63, 3.8) is 0 Å². The first-order valence-electron chi connectivity index (χ1n) is 6.66. The number of H-pyrrole nitrogens is 1. The van der Waals surface area contributed by atoms with E-state index in [0.717, 1.165) is 16.6 Å². The zero-order chi connectivity index (χ0) is 15.1. The number of anilines is 1. The van der Waals surface area contributed by atoms with Crippen LogP contribution in [0.2, 0.25) is 0 Å². The standard InChI is InChI=1S/C13H14BrN3O.C2H6/c1-8-11(16-13(15)17-12(8)18)6-5-9-3-2-4-10(14)7-9;1-2/h2-4,7H,5-6H2,1H3,(H3,15,16,17,18);1-2H3. The molecule has 0 aliphatic rings. The van der Waals surface area contributed by atoms with Crippen molar-refractivity contribution >= 4 is 21.9 Å². The Hall–Kier alpha value is -1.62. The minimum absolute atomic E-state index is 0.160. The summed E-state index contributed by atoms with van der Waals surface area (Å²) in [6, 6.07) is 8.09. The molecule has 0 aliphatic carbocycles. The number of halogens is 1. The molecule has 5 heteroatoms. The highest BCUT2D eigenvalue weighted by molar-refractivity contribution is 9.10. The molecule has 0 aliphatic heterocycles. The van der Waals surface area contributed by atoms with Crippen LogP contribution in [0, 0.1) is 6.92 Å². The van der Waals surface area contributed by atoms with Crippen molar-refractivity contribution in [2.75, 3.05) is 5.73 Å². The van der Waals surface area contributed by atoms with Crippen LogP contribution < -0.4 is 11.3 Å². The van der Waals surface area contributed by atoms with Crippen LogP contribution in [-0.2, 0) is 12.8 Å². The number of aryl methyl sites for hydroxylation is 2. The average molecular weight is 338 g/mol. The first kappa shape index (κ1) is 16.4. The van der Waals surface area contributed by atoms with E-state index in [-0.39, 0.29) is 11.5 Å². The third-order valence-electron chi connectivity index (χ3n) is 2.81. The highest BCUT2D eigenvalue weighted by Gasteiger charge is 2.06. The molecule has 108 valence electrons. The summed E-state index contributed by atoms with van der Waals surface area (Å²) in [6.45, 7) is 5.77. The van der Waals surface area contributed by atoms with Gasteiger partial charge in [-0.25, -0.2) is 4.98 Å². The van der Waals surface area contributed by atoms with Crippen molar-refractivity contribution in [3.8, 4) is 0 Å². The van der Waals surface area contributed by atoms with E-state index in [0.29, 0.717) is 12.0 Å². The molecule has 0 saturated heterocycles. The lowest BCUT2D eigenvalue weighted by Crippen LogP contribution is -2.17. The van der Waals surface area contributed by atoms with Gasteiger partial charge in [-0.3, -0.25) is 9.78 Å². The lowest BCUT2D eigenvalue weighted by atomic mass is 10.1. The molecule has 0 atom stereocenters. The fraction of sp³-hybridized carbons (Fsp3) is 0.333. The molecule has 0 radical (unpaired) electrons. The maximum absolute atomic E-state index is 11.5. The molecule has 2 aromatic rings. The maximum Gasteiger partial charge on any atom is 0.255 e. The molecule has 1 aromatic heterocycles. The Morgan fingerprint density at radius 1 is 1.30 bits per heavy atom. The minimum Gasteiger partial charge on any atom is -0.369 e. The SMILES string of the molecule is CC.Cc1c(CCc2cccc(Br)c2)nc(N)[nH]c1=O. The van der Waals surface area contributed by atoms with Crippen molar-refractivity contribution in [3.05, 3.63) is 55.9 Å². The van der Waals surface area contributed by atoms with Gasteiger partial charge < -0.3 is 5.73 Å². The first-order valence-corrected chi connectivity index (χ1v) is 7.45. The summed E-state index contributed by atoms with van der Waals surface area (Å²) in [5.41, 5.74) is 7.98. The molecular weight excluding hydrogens is 318 g/mol. The van der Waals surface area contributed by atoms with E-state index in [2.05, 4.69) is 38.0 Å². The number of nitrogens with two attached hydrogens (primary N) is 1. The largest absolute Gasteiger partial charge is 0.369 e. The van der Waals surface area contributed by atoms with Gasteiger partial charge in [-0.2, -0.15) is 0 Å². The Labute approximate surface area is 127 Å². The summed E-state index contributed by atoms with van der Waals surface area (Å²) in [7, 11) is 0. The van der Waals surface area contributed by atoms with E-state index in [1.54, 1.807) is 6.92 Å². The van der Waals surface area contributed by atoms with Crippen molar-refractivity contribution in [1.29, 1.82) is 0 Å². The molecule has 1 heterocycles. The van der Waals surface area contributed by atoms with Gasteiger partial charge in [-0.15, -0.1) is 0 Å². The highest BCUT2D eigenvalue weighted by atomic mass is 79.9. The predicted octanol–water partition coefficient (Wildman–Crippen LogP) is 3.23. The van der Waals surface area contributed by atoms with Crippen molar-refractivity contribution in [2.24, 2.45) is 0 Å². The van der Waals surface area contributed by atoms with Crippen LogP contribution in [-0.4, -0.2) is 9.97 Å². The number of nitrogens with one attached hydrogen (secondary N) is 1. The lowest BCUT2D eigenvalue weighted by molar-refractivity contribution is 0.880. The Kier molecular flexibility index (Phi) is 6.45. The Morgan fingerprint density at radius 2 is 2.00 bits per heavy atom. The van der Waals surface area contributed by atoms with E-state index in [1.807, 2.05) is 26.0 Å². The number of benzene rings is 1.